The van der Waals surface area contributed by atoms with Crippen molar-refractivity contribution in [2.75, 3.05) is 19.8 Å². The van der Waals surface area contributed by atoms with E-state index in [9.17, 15) is 9.18 Å². The number of imidazole rings is 1. The maximum absolute atomic E-state index is 13.8. The molecule has 7 heteroatoms. The second-order valence-electron chi connectivity index (χ2n) is 5.93. The number of nitrogens with zero attached hydrogens (tertiary/aromatic N) is 1. The summed E-state index contributed by atoms with van der Waals surface area (Å²) in [5, 5.41) is 0. The molecule has 1 amide bonds. The fourth-order valence-corrected chi connectivity index (χ4v) is 3.39. The summed E-state index contributed by atoms with van der Waals surface area (Å²) in [6.45, 7) is 1.64. The van der Waals surface area contributed by atoms with Crippen LogP contribution in [-0.2, 0) is 4.74 Å². The Morgan fingerprint density at radius 1 is 1.36 bits per heavy atom. The van der Waals surface area contributed by atoms with Gasteiger partial charge in [-0.2, -0.15) is 0 Å². The Kier molecular flexibility index (Phi) is 3.27. The summed E-state index contributed by atoms with van der Waals surface area (Å²) in [6, 6.07) is 2.72. The van der Waals surface area contributed by atoms with E-state index >= 15 is 0 Å². The lowest BCUT2D eigenvalue weighted by atomic mass is 10.1. The van der Waals surface area contributed by atoms with Crippen LogP contribution >= 0.6 is 12.2 Å². The van der Waals surface area contributed by atoms with Gasteiger partial charge in [0.25, 0.3) is 5.91 Å². The molecule has 1 unspecified atom stereocenters. The third-order valence-corrected chi connectivity index (χ3v) is 4.62. The van der Waals surface area contributed by atoms with Gasteiger partial charge in [-0.3, -0.25) is 4.79 Å². The Morgan fingerprint density at radius 2 is 2.18 bits per heavy atom. The van der Waals surface area contributed by atoms with Gasteiger partial charge in [0.2, 0.25) is 0 Å². The highest BCUT2D eigenvalue weighted by Gasteiger charge is 2.39. The highest BCUT2D eigenvalue weighted by atomic mass is 32.1. The Hall–Kier alpha value is -1.73. The van der Waals surface area contributed by atoms with E-state index in [4.69, 9.17) is 17.0 Å². The normalized spacial score (nSPS) is 22.2. The molecular weight excluding hydrogens is 305 g/mol. The minimum atomic E-state index is -0.447. The van der Waals surface area contributed by atoms with Gasteiger partial charge in [-0.25, -0.2) is 4.39 Å². The fraction of sp³-hybridized carbons (Fsp3) is 0.467. The molecule has 2 N–H and O–H groups in total. The minimum Gasteiger partial charge on any atom is -0.377 e. The summed E-state index contributed by atoms with van der Waals surface area (Å²) < 4.78 is 19.7. The van der Waals surface area contributed by atoms with Gasteiger partial charge < -0.3 is 19.6 Å². The smallest absolute Gasteiger partial charge is 0.256 e. The zero-order valence-electron chi connectivity index (χ0n) is 11.9. The number of nitrogens with one attached hydrogen (secondary N) is 2. The van der Waals surface area contributed by atoms with Gasteiger partial charge in [-0.05, 0) is 43.1 Å². The number of hydrogen-bond donors (Lipinski definition) is 2. The molecule has 0 radical (unpaired) electrons. The number of hydrogen-bond acceptors (Lipinski definition) is 3. The summed E-state index contributed by atoms with van der Waals surface area (Å²) in [5.41, 5.74) is 1.41. The topological polar surface area (TPSA) is 61.1 Å². The van der Waals surface area contributed by atoms with E-state index in [2.05, 4.69) is 9.97 Å². The van der Waals surface area contributed by atoms with Crippen LogP contribution in [0.4, 0.5) is 4.39 Å². The van der Waals surface area contributed by atoms with Gasteiger partial charge in [0.15, 0.2) is 4.77 Å². The van der Waals surface area contributed by atoms with Crippen molar-refractivity contribution in [2.45, 2.75) is 18.9 Å². The first-order chi connectivity index (χ1) is 10.6. The number of carbonyl (C=O) groups excluding carboxylic acids is 1. The Morgan fingerprint density at radius 3 is 2.95 bits per heavy atom. The predicted octanol–water partition coefficient (Wildman–Crippen LogP) is 2.62. The molecule has 1 aliphatic heterocycles. The Bertz CT molecular complexity index is 796. The maximum Gasteiger partial charge on any atom is 0.256 e. The van der Waals surface area contributed by atoms with E-state index in [0.717, 1.165) is 12.8 Å². The zero-order valence-corrected chi connectivity index (χ0v) is 12.7. The first-order valence-electron chi connectivity index (χ1n) is 7.44. The molecule has 1 aromatic heterocycles. The number of carbonyl (C=O) groups is 1. The lowest BCUT2D eigenvalue weighted by Gasteiger charge is -2.36. The molecule has 1 atom stereocenters. The SMILES string of the molecule is O=C(c1cc(F)cc2[nH]c(=S)[nH]c12)N1CCOCC1C1CC1. The third-order valence-electron chi connectivity index (χ3n) is 4.41. The molecule has 1 aromatic carbocycles. The van der Waals surface area contributed by atoms with Crippen molar-refractivity contribution in [3.8, 4) is 0 Å². The minimum absolute atomic E-state index is 0.0986. The van der Waals surface area contributed by atoms with E-state index in [1.807, 2.05) is 4.90 Å². The second kappa shape index (κ2) is 5.17. The lowest BCUT2D eigenvalue weighted by Crippen LogP contribution is -2.49. The molecule has 2 heterocycles. The van der Waals surface area contributed by atoms with Crippen LogP contribution in [0.3, 0.4) is 0 Å². The molecule has 2 fully saturated rings. The highest BCUT2D eigenvalue weighted by Crippen LogP contribution is 2.37. The van der Waals surface area contributed by atoms with Crippen LogP contribution < -0.4 is 0 Å². The number of fused-ring (bicyclic) bond motifs is 1. The van der Waals surface area contributed by atoms with Crippen molar-refractivity contribution in [3.05, 3.63) is 28.3 Å². The van der Waals surface area contributed by atoms with Crippen molar-refractivity contribution in [3.63, 3.8) is 0 Å². The van der Waals surface area contributed by atoms with Gasteiger partial charge in [-0.15, -0.1) is 0 Å². The largest absolute Gasteiger partial charge is 0.377 e. The average Bonchev–Trinajstić information content (AvgIpc) is 3.28. The van der Waals surface area contributed by atoms with Gasteiger partial charge in [-0.1, -0.05) is 0 Å². The average molecular weight is 321 g/mol. The van der Waals surface area contributed by atoms with E-state index < -0.39 is 5.82 Å². The number of benzene rings is 1. The number of amides is 1. The van der Waals surface area contributed by atoms with E-state index in [1.165, 1.54) is 12.1 Å². The van der Waals surface area contributed by atoms with Crippen molar-refractivity contribution < 1.29 is 13.9 Å². The molecule has 1 saturated carbocycles. The number of halogens is 1. The molecule has 1 saturated heterocycles. The number of rotatable bonds is 2. The standard InChI is InChI=1S/C15H16FN3O2S/c16-9-5-10(13-11(6-9)17-15(22)18-13)14(20)19-3-4-21-7-12(19)8-1-2-8/h5-6,8,12H,1-4,7H2,(H2,17,18,22). The summed E-state index contributed by atoms with van der Waals surface area (Å²) in [5.74, 6) is -0.0923. The number of aromatic amines is 2. The quantitative estimate of drug-likeness (QED) is 0.836. The molecule has 2 aliphatic rings. The van der Waals surface area contributed by atoms with Crippen molar-refractivity contribution in [2.24, 2.45) is 5.92 Å². The van der Waals surface area contributed by atoms with Crippen LogP contribution in [0.15, 0.2) is 12.1 Å². The monoisotopic (exact) mass is 321 g/mol. The van der Waals surface area contributed by atoms with E-state index in [1.54, 1.807) is 0 Å². The predicted molar refractivity (Wildman–Crippen MR) is 81.8 cm³/mol. The van der Waals surface area contributed by atoms with E-state index in [0.29, 0.717) is 47.0 Å². The highest BCUT2D eigenvalue weighted by molar-refractivity contribution is 7.71. The van der Waals surface area contributed by atoms with Crippen LogP contribution in [0.2, 0.25) is 0 Å². The Balaban J connectivity index is 1.76. The molecule has 2 aromatic rings. The zero-order chi connectivity index (χ0) is 15.3. The maximum atomic E-state index is 13.8. The number of ether oxygens (including phenoxy) is 1. The summed E-state index contributed by atoms with van der Waals surface area (Å²) in [7, 11) is 0. The van der Waals surface area contributed by atoms with Crippen LogP contribution in [-0.4, -0.2) is 46.6 Å². The molecule has 0 spiro atoms. The summed E-state index contributed by atoms with van der Waals surface area (Å²) in [4.78, 5) is 20.6. The van der Waals surface area contributed by atoms with Crippen LogP contribution in [0.1, 0.15) is 23.2 Å². The lowest BCUT2D eigenvalue weighted by molar-refractivity contribution is -0.00826. The third kappa shape index (κ3) is 2.34. The summed E-state index contributed by atoms with van der Waals surface area (Å²) >= 11 is 5.06. The number of H-pyrrole nitrogens is 2. The van der Waals surface area contributed by atoms with Gasteiger partial charge in [0.05, 0.1) is 35.9 Å². The molecule has 116 valence electrons. The van der Waals surface area contributed by atoms with Crippen molar-refractivity contribution in [1.29, 1.82) is 0 Å². The van der Waals surface area contributed by atoms with Crippen molar-refractivity contribution in [1.82, 2.24) is 14.9 Å². The first-order valence-corrected chi connectivity index (χ1v) is 7.84. The molecule has 1 aliphatic carbocycles. The van der Waals surface area contributed by atoms with Gasteiger partial charge in [0, 0.05) is 6.54 Å². The van der Waals surface area contributed by atoms with Gasteiger partial charge in [0.1, 0.15) is 5.82 Å². The fourth-order valence-electron chi connectivity index (χ4n) is 3.18. The molecular formula is C15H16FN3O2S. The van der Waals surface area contributed by atoms with Crippen LogP contribution in [0.5, 0.6) is 0 Å². The second-order valence-corrected chi connectivity index (χ2v) is 6.34. The van der Waals surface area contributed by atoms with Crippen LogP contribution in [0.25, 0.3) is 11.0 Å². The summed E-state index contributed by atoms with van der Waals surface area (Å²) in [6.07, 6.45) is 2.26. The molecule has 0 bridgehead atoms. The van der Waals surface area contributed by atoms with Crippen LogP contribution in [0, 0.1) is 16.5 Å². The number of morpholine rings is 1. The van der Waals surface area contributed by atoms with Gasteiger partial charge >= 0.3 is 0 Å². The van der Waals surface area contributed by atoms with E-state index in [-0.39, 0.29) is 11.9 Å². The molecule has 5 nitrogen and oxygen atoms in total. The molecule has 4 rings (SSSR count). The first kappa shape index (κ1) is 13.9. The van der Waals surface area contributed by atoms with Crippen molar-refractivity contribution >= 4 is 29.2 Å². The molecule has 22 heavy (non-hydrogen) atoms. The Labute approximate surface area is 131 Å². The number of aromatic nitrogens is 2.